The van der Waals surface area contributed by atoms with Crippen LogP contribution in [0.15, 0.2) is 43.5 Å². The van der Waals surface area contributed by atoms with Crippen molar-refractivity contribution in [2.24, 2.45) is 0 Å². The molecular formula is C18H24N2O2. The van der Waals surface area contributed by atoms with E-state index in [1.54, 1.807) is 12.2 Å². The van der Waals surface area contributed by atoms with Gasteiger partial charge in [0.05, 0.1) is 19.3 Å². The molecule has 0 spiro atoms. The van der Waals surface area contributed by atoms with E-state index in [0.29, 0.717) is 37.8 Å². The van der Waals surface area contributed by atoms with Crippen LogP contribution >= 0.6 is 0 Å². The van der Waals surface area contributed by atoms with Crippen LogP contribution in [0, 0.1) is 11.3 Å². The van der Waals surface area contributed by atoms with Crippen LogP contribution in [0.25, 0.3) is 0 Å². The second kappa shape index (κ2) is 9.64. The highest BCUT2D eigenvalue weighted by Crippen LogP contribution is 2.32. The molecule has 0 fully saturated rings. The highest BCUT2D eigenvalue weighted by molar-refractivity contribution is 5.45. The predicted molar refractivity (Wildman–Crippen MR) is 89.1 cm³/mol. The summed E-state index contributed by atoms with van der Waals surface area (Å²) in [6.45, 7) is 13.7. The number of rotatable bonds is 10. The molecule has 1 aromatic rings. The van der Waals surface area contributed by atoms with E-state index in [-0.39, 0.29) is 6.04 Å². The quantitative estimate of drug-likeness (QED) is 0.618. The Morgan fingerprint density at radius 2 is 1.73 bits per heavy atom. The Labute approximate surface area is 133 Å². The van der Waals surface area contributed by atoms with Crippen LogP contribution in [0.3, 0.4) is 0 Å². The van der Waals surface area contributed by atoms with Gasteiger partial charge in [0, 0.05) is 13.1 Å². The van der Waals surface area contributed by atoms with Crippen molar-refractivity contribution in [1.82, 2.24) is 4.90 Å². The van der Waals surface area contributed by atoms with Gasteiger partial charge in [0.1, 0.15) is 6.04 Å². The zero-order chi connectivity index (χ0) is 16.4. The molecule has 22 heavy (non-hydrogen) atoms. The summed E-state index contributed by atoms with van der Waals surface area (Å²) in [4.78, 5) is 1.99. The van der Waals surface area contributed by atoms with Gasteiger partial charge in [-0.25, -0.2) is 0 Å². The van der Waals surface area contributed by atoms with Crippen LogP contribution in [0.5, 0.6) is 11.5 Å². The number of hydrogen-bond acceptors (Lipinski definition) is 4. The van der Waals surface area contributed by atoms with Crippen molar-refractivity contribution in [2.45, 2.75) is 19.9 Å². The maximum absolute atomic E-state index is 9.56. The molecule has 1 unspecified atom stereocenters. The fourth-order valence-corrected chi connectivity index (χ4v) is 2.22. The van der Waals surface area contributed by atoms with Crippen molar-refractivity contribution in [1.29, 1.82) is 5.26 Å². The fourth-order valence-electron chi connectivity index (χ4n) is 2.22. The maximum Gasteiger partial charge on any atom is 0.161 e. The molecule has 0 aliphatic rings. The largest absolute Gasteiger partial charge is 0.490 e. The lowest BCUT2D eigenvalue weighted by Crippen LogP contribution is -2.28. The van der Waals surface area contributed by atoms with Crippen LogP contribution in [-0.2, 0) is 0 Å². The van der Waals surface area contributed by atoms with Crippen LogP contribution in [-0.4, -0.2) is 31.2 Å². The number of nitrogens with zero attached hydrogens (tertiary/aromatic N) is 2. The molecule has 0 aromatic heterocycles. The first kappa shape index (κ1) is 17.8. The SMILES string of the molecule is C=CCN(CC=C)C(C#N)c1ccc(OCC)c(OCC)c1. The first-order chi connectivity index (χ1) is 10.7. The summed E-state index contributed by atoms with van der Waals surface area (Å²) in [7, 11) is 0. The van der Waals surface area contributed by atoms with Crippen LogP contribution < -0.4 is 9.47 Å². The van der Waals surface area contributed by atoms with E-state index in [0.717, 1.165) is 5.56 Å². The average Bonchev–Trinajstić information content (AvgIpc) is 2.51. The summed E-state index contributed by atoms with van der Waals surface area (Å²) >= 11 is 0. The number of benzene rings is 1. The highest BCUT2D eigenvalue weighted by Gasteiger charge is 2.20. The zero-order valence-electron chi connectivity index (χ0n) is 13.4. The maximum atomic E-state index is 9.56. The molecular weight excluding hydrogens is 276 g/mol. The standard InChI is InChI=1S/C18H24N2O2/c1-5-11-20(12-6-2)16(14-19)15-9-10-17(21-7-3)18(13-15)22-8-4/h5-6,9-10,13,16H,1-2,7-8,11-12H2,3-4H3. The van der Waals surface area contributed by atoms with Crippen molar-refractivity contribution in [3.05, 3.63) is 49.1 Å². The van der Waals surface area contributed by atoms with E-state index in [2.05, 4.69) is 19.2 Å². The molecule has 1 atom stereocenters. The Kier molecular flexibility index (Phi) is 7.80. The van der Waals surface area contributed by atoms with Crippen LogP contribution in [0.2, 0.25) is 0 Å². The molecule has 4 heteroatoms. The van der Waals surface area contributed by atoms with Gasteiger partial charge in [0.2, 0.25) is 0 Å². The normalized spacial score (nSPS) is 11.5. The van der Waals surface area contributed by atoms with Gasteiger partial charge in [-0.15, -0.1) is 13.2 Å². The van der Waals surface area contributed by atoms with Gasteiger partial charge in [-0.1, -0.05) is 18.2 Å². The summed E-state index contributed by atoms with van der Waals surface area (Å²) in [6, 6.07) is 7.59. The molecule has 0 saturated heterocycles. The van der Waals surface area contributed by atoms with Crippen molar-refractivity contribution < 1.29 is 9.47 Å². The summed E-state index contributed by atoms with van der Waals surface area (Å²) in [5, 5.41) is 9.56. The van der Waals surface area contributed by atoms with Gasteiger partial charge < -0.3 is 9.47 Å². The third kappa shape index (κ3) is 4.64. The number of ether oxygens (including phenoxy) is 2. The van der Waals surface area contributed by atoms with Crippen molar-refractivity contribution in [2.75, 3.05) is 26.3 Å². The Bertz CT molecular complexity index is 524. The van der Waals surface area contributed by atoms with Gasteiger partial charge in [0.25, 0.3) is 0 Å². The van der Waals surface area contributed by atoms with Crippen molar-refractivity contribution >= 4 is 0 Å². The molecule has 0 aliphatic carbocycles. The Hall–Kier alpha value is -2.25. The lowest BCUT2D eigenvalue weighted by molar-refractivity contribution is 0.279. The number of nitriles is 1. The van der Waals surface area contributed by atoms with Gasteiger partial charge in [0.15, 0.2) is 11.5 Å². The van der Waals surface area contributed by atoms with Gasteiger partial charge in [-0.2, -0.15) is 5.26 Å². The minimum absolute atomic E-state index is 0.383. The van der Waals surface area contributed by atoms with E-state index in [1.165, 1.54) is 0 Å². The van der Waals surface area contributed by atoms with Crippen LogP contribution in [0.1, 0.15) is 25.5 Å². The van der Waals surface area contributed by atoms with E-state index in [4.69, 9.17) is 9.47 Å². The molecule has 1 rings (SSSR count). The van der Waals surface area contributed by atoms with Crippen molar-refractivity contribution in [3.8, 4) is 17.6 Å². The highest BCUT2D eigenvalue weighted by atomic mass is 16.5. The molecule has 0 aliphatic heterocycles. The molecule has 0 saturated carbocycles. The second-order valence-corrected chi connectivity index (χ2v) is 4.64. The summed E-state index contributed by atoms with van der Waals surface area (Å²) < 4.78 is 11.2. The second-order valence-electron chi connectivity index (χ2n) is 4.64. The summed E-state index contributed by atoms with van der Waals surface area (Å²) in [6.07, 6.45) is 3.57. The van der Waals surface area contributed by atoms with E-state index in [9.17, 15) is 5.26 Å². The topological polar surface area (TPSA) is 45.5 Å². The Morgan fingerprint density at radius 1 is 1.14 bits per heavy atom. The molecule has 0 amide bonds. The molecule has 0 radical (unpaired) electrons. The monoisotopic (exact) mass is 300 g/mol. The smallest absolute Gasteiger partial charge is 0.161 e. The first-order valence-electron chi connectivity index (χ1n) is 7.46. The molecule has 0 N–H and O–H groups in total. The van der Waals surface area contributed by atoms with Gasteiger partial charge >= 0.3 is 0 Å². The minimum Gasteiger partial charge on any atom is -0.490 e. The van der Waals surface area contributed by atoms with Gasteiger partial charge in [-0.3, -0.25) is 4.90 Å². The minimum atomic E-state index is -0.383. The molecule has 0 bridgehead atoms. The summed E-state index contributed by atoms with van der Waals surface area (Å²) in [5.41, 5.74) is 0.873. The number of hydrogen-bond donors (Lipinski definition) is 0. The lowest BCUT2D eigenvalue weighted by Gasteiger charge is -2.25. The van der Waals surface area contributed by atoms with E-state index < -0.39 is 0 Å². The first-order valence-corrected chi connectivity index (χ1v) is 7.46. The molecule has 4 nitrogen and oxygen atoms in total. The third-order valence-electron chi connectivity index (χ3n) is 3.10. The fraction of sp³-hybridized carbons (Fsp3) is 0.389. The molecule has 0 heterocycles. The molecule has 1 aromatic carbocycles. The van der Waals surface area contributed by atoms with E-state index in [1.807, 2.05) is 36.9 Å². The zero-order valence-corrected chi connectivity index (χ0v) is 13.4. The Morgan fingerprint density at radius 3 is 2.23 bits per heavy atom. The third-order valence-corrected chi connectivity index (χ3v) is 3.10. The lowest BCUT2D eigenvalue weighted by atomic mass is 10.1. The van der Waals surface area contributed by atoms with Gasteiger partial charge in [-0.05, 0) is 31.5 Å². The predicted octanol–water partition coefficient (Wildman–Crippen LogP) is 3.72. The van der Waals surface area contributed by atoms with E-state index >= 15 is 0 Å². The van der Waals surface area contributed by atoms with Crippen molar-refractivity contribution in [3.63, 3.8) is 0 Å². The molecule has 118 valence electrons. The average molecular weight is 300 g/mol. The summed E-state index contributed by atoms with van der Waals surface area (Å²) in [5.74, 6) is 1.36. The van der Waals surface area contributed by atoms with Crippen LogP contribution in [0.4, 0.5) is 0 Å². The Balaban J connectivity index is 3.15.